The number of benzene rings is 8. The van der Waals surface area contributed by atoms with Gasteiger partial charge in [-0.15, -0.1) is 0 Å². The van der Waals surface area contributed by atoms with Crippen LogP contribution in [0.3, 0.4) is 0 Å². The standard InChI is InChI=1S/C24H28ClF2NO2Si.C23H29F2NOSi.C18H13F2NO2.C12H11NO3.C6H5BF2O2/c1-23(2,3)31(4,5)30-16-24(18-9-7-6-8-10-18)14-17(15-28(24)22(25)29)20-13-19(26)11-12-21(20)27;1-22(2,3)28(4,5)27-16-23(18-9-7-6-8-10-18)14-17(15-26-23)20-13-19(24)11-12-21(20)25;19-14-6-7-16(20)15(8-14)12-9-18(13-4-2-1-3-5-13)11-23-17(22)21(18)10-12;14-10-6-12(9-4-2-1-3-5-9)8-16-11(15)13(12)7-10;8-4-1-2-6(9)5(3-4)7(10)11/h6-14H,15-16H2,1-5H3;6-14,26H,15-16H2,1-5H3;1-9H,10-11H2;1-5H,6-8H2;1-3,10-11H/t24-;23-;18-;12-;/m1111./s1. The quantitative estimate of drug-likeness (QED) is 0.0410. The summed E-state index contributed by atoms with van der Waals surface area (Å²) in [7, 11) is -6.13. The molecule has 572 valence electrons. The first-order valence-electron chi connectivity index (χ1n) is 35.3. The van der Waals surface area contributed by atoms with Gasteiger partial charge in [0.15, 0.2) is 22.4 Å². The lowest BCUT2D eigenvalue weighted by atomic mass is 9.80. The van der Waals surface area contributed by atoms with Gasteiger partial charge < -0.3 is 33.3 Å². The molecule has 4 atom stereocenters. The Morgan fingerprint density at radius 2 is 0.927 bits per heavy atom. The monoisotopic (exact) mass is 1550 g/mol. The topological polar surface area (TPSA) is 167 Å². The molecule has 0 bridgehead atoms. The van der Waals surface area contributed by atoms with Crippen LogP contribution in [-0.2, 0) is 45.3 Å². The second kappa shape index (κ2) is 33.1. The van der Waals surface area contributed by atoms with Crippen LogP contribution in [0.15, 0.2) is 212 Å². The Morgan fingerprint density at radius 3 is 1.40 bits per heavy atom. The fourth-order valence-electron chi connectivity index (χ4n) is 13.2. The number of amides is 3. The summed E-state index contributed by atoms with van der Waals surface area (Å²) < 4.78 is 132. The molecule has 14 nitrogen and oxygen atoms in total. The number of ether oxygens (including phenoxy) is 2. The van der Waals surface area contributed by atoms with E-state index in [0.717, 1.165) is 88.5 Å². The molecule has 0 saturated carbocycles. The van der Waals surface area contributed by atoms with E-state index in [2.05, 4.69) is 73.0 Å². The van der Waals surface area contributed by atoms with Gasteiger partial charge in [0.25, 0.3) is 0 Å². The zero-order valence-electron chi connectivity index (χ0n) is 62.1. The molecule has 0 aliphatic carbocycles. The molecule has 6 aliphatic rings. The number of cyclic esters (lactones) is 2. The van der Waals surface area contributed by atoms with Gasteiger partial charge >= 0.3 is 24.7 Å². The van der Waals surface area contributed by atoms with Crippen molar-refractivity contribution in [2.75, 3.05) is 52.6 Å². The molecule has 26 heteroatoms. The summed E-state index contributed by atoms with van der Waals surface area (Å²) in [5.74, 6) is -4.40. The molecule has 3 fully saturated rings. The Morgan fingerprint density at radius 1 is 0.505 bits per heavy atom. The lowest BCUT2D eigenvalue weighted by Crippen LogP contribution is -2.51. The van der Waals surface area contributed by atoms with Gasteiger partial charge in [-0.25, -0.2) is 44.7 Å². The predicted octanol–water partition coefficient (Wildman–Crippen LogP) is 17.5. The highest BCUT2D eigenvalue weighted by Gasteiger charge is 2.56. The van der Waals surface area contributed by atoms with Gasteiger partial charge in [-0.1, -0.05) is 169 Å². The van der Waals surface area contributed by atoms with Gasteiger partial charge in [-0.2, -0.15) is 0 Å². The molecular weight excluding hydrogens is 1470 g/mol. The van der Waals surface area contributed by atoms with Crippen LogP contribution in [0.2, 0.25) is 36.3 Å². The van der Waals surface area contributed by atoms with E-state index >= 15 is 0 Å². The molecular formula is C83H86BClF8N4O10Si2. The Balaban J connectivity index is 0.000000150. The van der Waals surface area contributed by atoms with Crippen molar-refractivity contribution in [1.82, 2.24) is 20.0 Å². The van der Waals surface area contributed by atoms with Crippen LogP contribution in [0.1, 0.15) is 86.9 Å². The Labute approximate surface area is 637 Å². The largest absolute Gasteiger partial charge is 0.491 e. The van der Waals surface area contributed by atoms with Crippen LogP contribution in [0.25, 0.3) is 16.7 Å². The fraction of sp³-hybridized carbons (Fsp3) is 0.301. The van der Waals surface area contributed by atoms with E-state index in [4.69, 9.17) is 40.0 Å². The molecule has 6 aliphatic heterocycles. The number of Topliss-reactive ketones (excluding diaryl/α,β-unsaturated/α-hetero) is 1. The Hall–Kier alpha value is -9.31. The summed E-state index contributed by atoms with van der Waals surface area (Å²) in [4.78, 5) is 52.2. The zero-order valence-corrected chi connectivity index (χ0v) is 64.8. The van der Waals surface area contributed by atoms with Crippen LogP contribution < -0.4 is 10.8 Å². The molecule has 8 aromatic rings. The van der Waals surface area contributed by atoms with Crippen LogP contribution >= 0.6 is 11.6 Å². The van der Waals surface area contributed by atoms with E-state index < -0.39 is 109 Å². The summed E-state index contributed by atoms with van der Waals surface area (Å²) in [6.45, 7) is 23.7. The van der Waals surface area contributed by atoms with E-state index in [1.807, 2.05) is 133 Å². The van der Waals surface area contributed by atoms with Gasteiger partial charge in [0, 0.05) is 41.7 Å². The van der Waals surface area contributed by atoms with Crippen molar-refractivity contribution in [3.63, 3.8) is 0 Å². The van der Waals surface area contributed by atoms with Crippen molar-refractivity contribution in [3.05, 3.63) is 298 Å². The molecule has 0 unspecified atom stereocenters. The lowest BCUT2D eigenvalue weighted by Gasteiger charge is -2.42. The van der Waals surface area contributed by atoms with Crippen LogP contribution in [0.4, 0.5) is 49.5 Å². The van der Waals surface area contributed by atoms with Crippen molar-refractivity contribution in [3.8, 4) is 0 Å². The maximum absolute atomic E-state index is 14.6. The van der Waals surface area contributed by atoms with E-state index in [9.17, 15) is 54.3 Å². The van der Waals surface area contributed by atoms with Gasteiger partial charge in [0.05, 0.1) is 31.8 Å². The zero-order chi connectivity index (χ0) is 79.2. The molecule has 0 radical (unpaired) electrons. The summed E-state index contributed by atoms with van der Waals surface area (Å²) >= 11 is 6.02. The smallest absolute Gasteiger partial charge is 0.446 e. The number of nitrogens with one attached hydrogen (secondary N) is 1. The highest BCUT2D eigenvalue weighted by Crippen LogP contribution is 2.48. The molecule has 0 aromatic heterocycles. The third-order valence-electron chi connectivity index (χ3n) is 21.4. The average molecular weight is 1550 g/mol. The first-order valence-corrected chi connectivity index (χ1v) is 41.5. The third-order valence-corrected chi connectivity index (χ3v) is 30.6. The number of ketones is 1. The van der Waals surface area contributed by atoms with Crippen LogP contribution in [-0.4, -0.2) is 124 Å². The summed E-state index contributed by atoms with van der Waals surface area (Å²) in [5.41, 5.74) is 2.81. The average Bonchev–Trinajstić information content (AvgIpc) is 1.60. The van der Waals surface area contributed by atoms with Gasteiger partial charge in [0.2, 0.25) is 0 Å². The summed E-state index contributed by atoms with van der Waals surface area (Å²) in [5, 5.41) is 19.8. The SMILES string of the molecule is CC(C)(C)[Si](C)(C)OC[C@@]1(c2ccccc2)C=C(c2cc(F)ccc2F)CN1.CC(C)(C)[Si](C)(C)OC[C@@]1(c2ccccc2)C=C(c2cc(F)ccc2F)CN1C(=O)Cl.O=C1CN2C(=O)OC[C@@]2(c2ccccc2)C1.O=C1OC[C@@]2(c3ccccc3)C=C(c3cc(F)ccc3F)CN12.OB(O)c1cc(F)ccc1F. The number of hydrogen-bond acceptors (Lipinski definition) is 11. The molecule has 0 spiro atoms. The highest BCUT2D eigenvalue weighted by molar-refractivity contribution is 6.74. The molecule has 14 rings (SSSR count). The normalized spacial score (nSPS) is 20.7. The molecule has 8 aromatic carbocycles. The molecule has 109 heavy (non-hydrogen) atoms. The summed E-state index contributed by atoms with van der Waals surface area (Å²) in [6, 6.07) is 51.2. The minimum absolute atomic E-state index is 0.0412. The van der Waals surface area contributed by atoms with E-state index in [0.29, 0.717) is 36.3 Å². The number of carbonyl (C=O) groups is 4. The number of nitrogens with zero attached hydrogens (tertiary/aromatic N) is 3. The van der Waals surface area contributed by atoms with Crippen molar-refractivity contribution in [2.45, 2.75) is 106 Å². The van der Waals surface area contributed by atoms with E-state index in [1.165, 1.54) is 17.0 Å². The molecule has 3 N–H and O–H groups in total. The number of fused-ring (bicyclic) bond motifs is 2. The number of rotatable bonds is 14. The predicted molar refractivity (Wildman–Crippen MR) is 410 cm³/mol. The van der Waals surface area contributed by atoms with Gasteiger partial charge in [0.1, 0.15) is 76.4 Å². The maximum Gasteiger partial charge on any atom is 0.491 e. The fourth-order valence-corrected chi connectivity index (χ4v) is 15.5. The lowest BCUT2D eigenvalue weighted by molar-refractivity contribution is -0.117. The summed E-state index contributed by atoms with van der Waals surface area (Å²) in [6.07, 6.45) is 5.15. The van der Waals surface area contributed by atoms with Crippen LogP contribution in [0.5, 0.6) is 0 Å². The highest BCUT2D eigenvalue weighted by atomic mass is 35.5. The second-order valence-electron chi connectivity index (χ2n) is 30.5. The third kappa shape index (κ3) is 18.0. The van der Waals surface area contributed by atoms with Crippen LogP contribution in [0, 0.1) is 46.5 Å². The van der Waals surface area contributed by atoms with Crippen molar-refractivity contribution in [1.29, 1.82) is 0 Å². The second-order valence-corrected chi connectivity index (χ2v) is 40.5. The Bertz CT molecular complexity index is 4750. The number of carbonyl (C=O) groups excluding carboxylic acids is 4. The van der Waals surface area contributed by atoms with Crippen molar-refractivity contribution < 1.29 is 82.7 Å². The van der Waals surface area contributed by atoms with E-state index in [1.54, 1.807) is 15.9 Å². The first kappa shape index (κ1) is 82.2. The number of hydrogen-bond donors (Lipinski definition) is 3. The molecule has 3 amide bonds. The molecule has 3 saturated heterocycles. The maximum atomic E-state index is 14.6. The van der Waals surface area contributed by atoms with Crippen molar-refractivity contribution in [2.24, 2.45) is 0 Å². The van der Waals surface area contributed by atoms with Crippen molar-refractivity contribution >= 4 is 80.9 Å². The molecule has 6 heterocycles. The first-order chi connectivity index (χ1) is 51.3. The van der Waals surface area contributed by atoms with E-state index in [-0.39, 0.29) is 72.5 Å². The van der Waals surface area contributed by atoms with Gasteiger partial charge in [-0.05, 0) is 172 Å². The minimum atomic E-state index is -2.18. The number of halogens is 9. The Kier molecular flexibility index (Phi) is 25.0. The van der Waals surface area contributed by atoms with Gasteiger partial charge in [-0.3, -0.25) is 24.7 Å². The minimum Gasteiger partial charge on any atom is -0.446 e.